The van der Waals surface area contributed by atoms with Crippen molar-refractivity contribution in [1.82, 2.24) is 9.62 Å². The van der Waals surface area contributed by atoms with Gasteiger partial charge in [-0.25, -0.2) is 8.42 Å². The normalized spacial score (nSPS) is 19.4. The van der Waals surface area contributed by atoms with Crippen molar-refractivity contribution >= 4 is 15.7 Å². The Morgan fingerprint density at radius 1 is 1.43 bits per heavy atom. The highest BCUT2D eigenvalue weighted by molar-refractivity contribution is 7.89. The zero-order chi connectivity index (χ0) is 15.8. The minimum Gasteiger partial charge on any atom is -0.309 e. The van der Waals surface area contributed by atoms with Crippen LogP contribution in [-0.2, 0) is 10.0 Å². The van der Waals surface area contributed by atoms with Gasteiger partial charge >= 0.3 is 5.69 Å². The van der Waals surface area contributed by atoms with E-state index >= 15 is 0 Å². The molecule has 1 aromatic rings. The van der Waals surface area contributed by atoms with Crippen molar-refractivity contribution in [1.29, 1.82) is 0 Å². The second-order valence-corrected chi connectivity index (χ2v) is 7.40. The highest BCUT2D eigenvalue weighted by Crippen LogP contribution is 2.30. The SMILES string of the molecule is CC1(C)CN(S(=O)(=O)c2cccc(F)c2[N+](=O)[O-])CCN1. The molecule has 1 heterocycles. The summed E-state index contributed by atoms with van der Waals surface area (Å²) in [7, 11) is -4.12. The summed E-state index contributed by atoms with van der Waals surface area (Å²) in [4.78, 5) is 9.36. The maximum atomic E-state index is 13.6. The molecule has 0 unspecified atom stereocenters. The molecule has 1 N–H and O–H groups in total. The number of halogens is 1. The number of hydrogen-bond donors (Lipinski definition) is 1. The van der Waals surface area contributed by atoms with E-state index in [0.29, 0.717) is 6.54 Å². The van der Waals surface area contributed by atoms with Crippen LogP contribution in [0.3, 0.4) is 0 Å². The second-order valence-electron chi connectivity index (χ2n) is 5.49. The summed E-state index contributed by atoms with van der Waals surface area (Å²) in [6.07, 6.45) is 0. The fourth-order valence-corrected chi connectivity index (χ4v) is 4.09. The Kier molecular flexibility index (Phi) is 4.00. The molecule has 0 spiro atoms. The number of nitrogens with one attached hydrogen (secondary N) is 1. The maximum Gasteiger partial charge on any atom is 0.324 e. The first-order valence-electron chi connectivity index (χ1n) is 6.33. The lowest BCUT2D eigenvalue weighted by molar-refractivity contribution is -0.390. The lowest BCUT2D eigenvalue weighted by Crippen LogP contribution is -2.58. The molecule has 0 saturated carbocycles. The third-order valence-corrected chi connectivity index (χ3v) is 5.16. The third kappa shape index (κ3) is 3.04. The van der Waals surface area contributed by atoms with Gasteiger partial charge in [0, 0.05) is 25.2 Å². The molecule has 21 heavy (non-hydrogen) atoms. The number of nitro groups is 1. The predicted octanol–water partition coefficient (Wildman–Crippen LogP) is 1.11. The molecule has 0 atom stereocenters. The summed E-state index contributed by atoms with van der Waals surface area (Å²) in [6.45, 7) is 4.42. The molecule has 0 aliphatic carbocycles. The van der Waals surface area contributed by atoms with Gasteiger partial charge in [-0.15, -0.1) is 0 Å². The van der Waals surface area contributed by atoms with Gasteiger partial charge in [0.1, 0.15) is 0 Å². The molecule has 2 rings (SSSR count). The van der Waals surface area contributed by atoms with Gasteiger partial charge < -0.3 is 5.32 Å². The van der Waals surface area contributed by atoms with Crippen molar-refractivity contribution in [3.63, 3.8) is 0 Å². The van der Waals surface area contributed by atoms with E-state index in [1.807, 2.05) is 13.8 Å². The fraction of sp³-hybridized carbons (Fsp3) is 0.500. The molecule has 9 heteroatoms. The van der Waals surface area contributed by atoms with Gasteiger partial charge in [-0.1, -0.05) is 6.07 Å². The van der Waals surface area contributed by atoms with Crippen LogP contribution in [0.15, 0.2) is 23.1 Å². The van der Waals surface area contributed by atoms with E-state index in [1.165, 1.54) is 0 Å². The van der Waals surface area contributed by atoms with E-state index in [2.05, 4.69) is 5.32 Å². The molecule has 1 aliphatic rings. The van der Waals surface area contributed by atoms with Gasteiger partial charge in [-0.3, -0.25) is 10.1 Å². The molecule has 0 amide bonds. The first-order chi connectivity index (χ1) is 9.65. The molecule has 1 aliphatic heterocycles. The van der Waals surface area contributed by atoms with Gasteiger partial charge in [-0.2, -0.15) is 8.70 Å². The van der Waals surface area contributed by atoms with E-state index in [-0.39, 0.29) is 13.1 Å². The molecule has 116 valence electrons. The minimum absolute atomic E-state index is 0.156. The molecule has 1 aromatic carbocycles. The van der Waals surface area contributed by atoms with Crippen molar-refractivity contribution in [2.24, 2.45) is 0 Å². The van der Waals surface area contributed by atoms with Gasteiger partial charge in [-0.05, 0) is 26.0 Å². The average Bonchev–Trinajstić information content (AvgIpc) is 2.36. The van der Waals surface area contributed by atoms with Crippen molar-refractivity contribution in [3.8, 4) is 0 Å². The quantitative estimate of drug-likeness (QED) is 0.666. The summed E-state index contributed by atoms with van der Waals surface area (Å²) >= 11 is 0. The summed E-state index contributed by atoms with van der Waals surface area (Å²) in [6, 6.07) is 3.09. The molecular formula is C12H16FN3O4S. The molecule has 1 saturated heterocycles. The Morgan fingerprint density at radius 3 is 2.67 bits per heavy atom. The van der Waals surface area contributed by atoms with Crippen LogP contribution in [0.4, 0.5) is 10.1 Å². The summed E-state index contributed by atoms with van der Waals surface area (Å²) in [5.41, 5.74) is -1.46. The first kappa shape index (κ1) is 15.8. The van der Waals surface area contributed by atoms with Crippen LogP contribution in [0.1, 0.15) is 13.8 Å². The number of benzene rings is 1. The standard InChI is InChI=1S/C12H16FN3O4S/c1-12(2)8-15(7-6-14-12)21(19,20)10-5-3-4-9(13)11(10)16(17)18/h3-5,14H,6-8H2,1-2H3. The van der Waals surface area contributed by atoms with Crippen LogP contribution in [0.5, 0.6) is 0 Å². The van der Waals surface area contributed by atoms with E-state index < -0.39 is 36.9 Å². The number of sulfonamides is 1. The van der Waals surface area contributed by atoms with E-state index in [0.717, 1.165) is 22.5 Å². The smallest absolute Gasteiger partial charge is 0.309 e. The van der Waals surface area contributed by atoms with Crippen molar-refractivity contribution < 1.29 is 17.7 Å². The number of rotatable bonds is 3. The fourth-order valence-electron chi connectivity index (χ4n) is 2.32. The molecule has 7 nitrogen and oxygen atoms in total. The number of nitrogens with zero attached hydrogens (tertiary/aromatic N) is 2. The van der Waals surface area contributed by atoms with Gasteiger partial charge in [0.05, 0.1) is 4.92 Å². The van der Waals surface area contributed by atoms with Crippen LogP contribution in [-0.4, -0.2) is 42.8 Å². The Balaban J connectivity index is 2.50. The number of para-hydroxylation sites is 1. The molecule has 0 aromatic heterocycles. The topological polar surface area (TPSA) is 92.5 Å². The highest BCUT2D eigenvalue weighted by Gasteiger charge is 2.38. The Bertz CT molecular complexity index is 675. The molecule has 0 bridgehead atoms. The average molecular weight is 317 g/mol. The van der Waals surface area contributed by atoms with Gasteiger partial charge in [0.15, 0.2) is 4.90 Å². The van der Waals surface area contributed by atoms with Crippen LogP contribution in [0.25, 0.3) is 0 Å². The predicted molar refractivity (Wildman–Crippen MR) is 73.9 cm³/mol. The summed E-state index contributed by atoms with van der Waals surface area (Å²) in [5, 5.41) is 14.1. The summed E-state index contributed by atoms with van der Waals surface area (Å²) in [5.74, 6) is -1.16. The lowest BCUT2D eigenvalue weighted by atomic mass is 10.0. The molecule has 0 radical (unpaired) electrons. The molecular weight excluding hydrogens is 301 g/mol. The number of hydrogen-bond acceptors (Lipinski definition) is 5. The van der Waals surface area contributed by atoms with E-state index in [4.69, 9.17) is 0 Å². The third-order valence-electron chi connectivity index (χ3n) is 3.29. The van der Waals surface area contributed by atoms with Crippen LogP contribution in [0, 0.1) is 15.9 Å². The van der Waals surface area contributed by atoms with Crippen LogP contribution in [0.2, 0.25) is 0 Å². The van der Waals surface area contributed by atoms with Crippen LogP contribution >= 0.6 is 0 Å². The monoisotopic (exact) mass is 317 g/mol. The van der Waals surface area contributed by atoms with Crippen molar-refractivity contribution in [3.05, 3.63) is 34.1 Å². The largest absolute Gasteiger partial charge is 0.324 e. The van der Waals surface area contributed by atoms with Crippen molar-refractivity contribution in [2.75, 3.05) is 19.6 Å². The Hall–Kier alpha value is -1.58. The first-order valence-corrected chi connectivity index (χ1v) is 7.77. The maximum absolute atomic E-state index is 13.6. The Morgan fingerprint density at radius 2 is 2.10 bits per heavy atom. The van der Waals surface area contributed by atoms with E-state index in [9.17, 15) is 22.9 Å². The Labute approximate surface area is 122 Å². The summed E-state index contributed by atoms with van der Waals surface area (Å²) < 4.78 is 39.9. The van der Waals surface area contributed by atoms with Gasteiger partial charge in [0.25, 0.3) is 0 Å². The molecule has 1 fully saturated rings. The minimum atomic E-state index is -4.12. The highest BCUT2D eigenvalue weighted by atomic mass is 32.2. The van der Waals surface area contributed by atoms with E-state index in [1.54, 1.807) is 0 Å². The zero-order valence-corrected chi connectivity index (χ0v) is 12.5. The zero-order valence-electron chi connectivity index (χ0n) is 11.7. The van der Waals surface area contributed by atoms with Crippen molar-refractivity contribution in [2.45, 2.75) is 24.3 Å². The van der Waals surface area contributed by atoms with Gasteiger partial charge in [0.2, 0.25) is 15.8 Å². The van der Waals surface area contributed by atoms with Crippen LogP contribution < -0.4 is 5.32 Å². The number of nitro benzene ring substituents is 1. The second kappa shape index (κ2) is 5.32. The number of piperazine rings is 1. The lowest BCUT2D eigenvalue weighted by Gasteiger charge is -2.38.